The molecule has 1 amide bonds. The van der Waals surface area contributed by atoms with Crippen LogP contribution in [0, 0.1) is 0 Å². The largest absolute Gasteiger partial charge is 0.339 e. The van der Waals surface area contributed by atoms with Crippen LogP contribution >= 0.6 is 22.9 Å². The second-order valence-corrected chi connectivity index (χ2v) is 6.50. The second-order valence-electron chi connectivity index (χ2n) is 5.18. The highest BCUT2D eigenvalue weighted by molar-refractivity contribution is 7.17. The fourth-order valence-corrected chi connectivity index (χ4v) is 3.61. The van der Waals surface area contributed by atoms with Gasteiger partial charge in [-0.3, -0.25) is 4.79 Å². The Morgan fingerprint density at radius 1 is 1.16 bits per heavy atom. The van der Waals surface area contributed by atoms with Gasteiger partial charge in [0.1, 0.15) is 0 Å². The summed E-state index contributed by atoms with van der Waals surface area (Å²) in [6, 6.07) is 11.4. The van der Waals surface area contributed by atoms with Crippen molar-refractivity contribution in [3.8, 4) is 11.3 Å². The van der Waals surface area contributed by atoms with Gasteiger partial charge in [0.2, 0.25) is 0 Å². The van der Waals surface area contributed by atoms with Gasteiger partial charge in [-0.15, -0.1) is 24.5 Å². The molecule has 3 rings (SSSR count). The van der Waals surface area contributed by atoms with Crippen molar-refractivity contribution in [3.05, 3.63) is 65.5 Å². The quantitative estimate of drug-likeness (QED) is 0.534. The average Bonchev–Trinajstić information content (AvgIpc) is 3.14. The van der Waals surface area contributed by atoms with E-state index in [1.165, 1.54) is 0 Å². The maximum atomic E-state index is 12.3. The zero-order valence-electron chi connectivity index (χ0n) is 14.5. The molecule has 0 fully saturated rings. The molecule has 0 atom stereocenters. The number of amides is 1. The average molecular weight is 373 g/mol. The molecule has 2 aromatic heterocycles. The number of pyridine rings is 1. The van der Waals surface area contributed by atoms with Crippen LogP contribution in [0.1, 0.15) is 24.2 Å². The summed E-state index contributed by atoms with van der Waals surface area (Å²) in [6.45, 7) is 11.4. The number of thiophene rings is 1. The fraction of sp³-hybridized carbons (Fsp3) is 0.200. The molecule has 25 heavy (non-hydrogen) atoms. The van der Waals surface area contributed by atoms with E-state index in [0.29, 0.717) is 23.7 Å². The van der Waals surface area contributed by atoms with Crippen molar-refractivity contribution < 1.29 is 4.79 Å². The topological polar surface area (TPSA) is 33.2 Å². The minimum Gasteiger partial charge on any atom is -0.339 e. The molecule has 0 spiro atoms. The van der Waals surface area contributed by atoms with E-state index in [-0.39, 0.29) is 5.91 Å². The Balaban J connectivity index is 0.00000109. The van der Waals surface area contributed by atoms with Crippen LogP contribution < -0.4 is 0 Å². The summed E-state index contributed by atoms with van der Waals surface area (Å²) < 4.78 is 1.00. The standard InChI is InChI=1S/C18H17ClN2OS.C2H4/c1-3-21(4-2)18(22)13-7-5-12(6-8-13)16-11-14(19)17-15(20-16)9-10-23-17;1-2/h5-11H,3-4H2,1-2H3;1-2H2. The van der Waals surface area contributed by atoms with Gasteiger partial charge in [0.15, 0.2) is 0 Å². The van der Waals surface area contributed by atoms with Crippen molar-refractivity contribution in [2.24, 2.45) is 0 Å². The van der Waals surface area contributed by atoms with E-state index in [0.717, 1.165) is 21.5 Å². The predicted octanol–water partition coefficient (Wildman–Crippen LogP) is 5.90. The molecule has 0 unspecified atom stereocenters. The zero-order valence-corrected chi connectivity index (χ0v) is 16.0. The second kappa shape index (κ2) is 8.79. The summed E-state index contributed by atoms with van der Waals surface area (Å²) in [4.78, 5) is 18.8. The molecule has 3 aromatic rings. The molecule has 1 aromatic carbocycles. The van der Waals surface area contributed by atoms with Crippen LogP contribution in [-0.4, -0.2) is 28.9 Å². The van der Waals surface area contributed by atoms with Gasteiger partial charge >= 0.3 is 0 Å². The minimum atomic E-state index is 0.0563. The van der Waals surface area contributed by atoms with Gasteiger partial charge in [0.25, 0.3) is 5.91 Å². The van der Waals surface area contributed by atoms with Crippen molar-refractivity contribution >= 4 is 39.1 Å². The highest BCUT2D eigenvalue weighted by atomic mass is 35.5. The Morgan fingerprint density at radius 3 is 2.40 bits per heavy atom. The molecule has 0 aliphatic heterocycles. The van der Waals surface area contributed by atoms with Crippen LogP contribution in [-0.2, 0) is 0 Å². The normalized spacial score (nSPS) is 10.2. The molecule has 0 aliphatic rings. The molecule has 0 N–H and O–H groups in total. The summed E-state index contributed by atoms with van der Waals surface area (Å²) in [5, 5.41) is 2.70. The van der Waals surface area contributed by atoms with Gasteiger partial charge < -0.3 is 4.90 Å². The third-order valence-corrected chi connectivity index (χ3v) is 5.19. The third kappa shape index (κ3) is 4.09. The van der Waals surface area contributed by atoms with Crippen LogP contribution in [0.2, 0.25) is 5.02 Å². The van der Waals surface area contributed by atoms with Gasteiger partial charge in [0.05, 0.1) is 20.9 Å². The highest BCUT2D eigenvalue weighted by Crippen LogP contribution is 2.31. The molecular formula is C20H21ClN2OS. The Morgan fingerprint density at radius 2 is 1.80 bits per heavy atom. The number of carbonyl (C=O) groups is 1. The van der Waals surface area contributed by atoms with Crippen molar-refractivity contribution in [1.82, 2.24) is 9.88 Å². The molecule has 2 heterocycles. The maximum absolute atomic E-state index is 12.3. The van der Waals surface area contributed by atoms with Crippen molar-refractivity contribution in [2.45, 2.75) is 13.8 Å². The number of hydrogen-bond donors (Lipinski definition) is 0. The Bertz CT molecular complexity index is 854. The molecule has 0 bridgehead atoms. The SMILES string of the molecule is C=C.CCN(CC)C(=O)c1ccc(-c2cc(Cl)c3sccc3n2)cc1. The lowest BCUT2D eigenvalue weighted by atomic mass is 10.1. The number of hydrogen-bond acceptors (Lipinski definition) is 3. The summed E-state index contributed by atoms with van der Waals surface area (Å²) >= 11 is 7.91. The molecule has 0 radical (unpaired) electrons. The number of benzene rings is 1. The number of aromatic nitrogens is 1. The Labute approximate surface area is 157 Å². The number of carbonyl (C=O) groups excluding carboxylic acids is 1. The molecular weight excluding hydrogens is 352 g/mol. The first-order valence-electron chi connectivity index (χ1n) is 8.07. The zero-order chi connectivity index (χ0) is 18.4. The molecule has 5 heteroatoms. The van der Waals surface area contributed by atoms with Crippen molar-refractivity contribution in [1.29, 1.82) is 0 Å². The van der Waals surface area contributed by atoms with E-state index < -0.39 is 0 Å². The summed E-state index contributed by atoms with van der Waals surface area (Å²) in [7, 11) is 0. The van der Waals surface area contributed by atoms with E-state index in [9.17, 15) is 4.79 Å². The molecule has 0 saturated carbocycles. The van der Waals surface area contributed by atoms with Crippen LogP contribution in [0.25, 0.3) is 21.5 Å². The monoisotopic (exact) mass is 372 g/mol. The van der Waals surface area contributed by atoms with Crippen LogP contribution in [0.3, 0.4) is 0 Å². The first kappa shape index (κ1) is 19.2. The number of nitrogens with zero attached hydrogens (tertiary/aromatic N) is 2. The molecule has 0 saturated heterocycles. The summed E-state index contributed by atoms with van der Waals surface area (Å²) in [5.74, 6) is 0.0563. The summed E-state index contributed by atoms with van der Waals surface area (Å²) in [5.41, 5.74) is 3.37. The minimum absolute atomic E-state index is 0.0563. The van der Waals surface area contributed by atoms with Crippen LogP contribution in [0.15, 0.2) is 54.9 Å². The number of rotatable bonds is 4. The number of fused-ring (bicyclic) bond motifs is 1. The van der Waals surface area contributed by atoms with E-state index in [2.05, 4.69) is 18.1 Å². The fourth-order valence-electron chi connectivity index (χ4n) is 2.54. The van der Waals surface area contributed by atoms with Gasteiger partial charge in [-0.2, -0.15) is 0 Å². The molecule has 130 valence electrons. The van der Waals surface area contributed by atoms with E-state index in [1.54, 1.807) is 11.3 Å². The van der Waals surface area contributed by atoms with E-state index >= 15 is 0 Å². The lowest BCUT2D eigenvalue weighted by Gasteiger charge is -2.18. The van der Waals surface area contributed by atoms with Gasteiger partial charge in [0, 0.05) is 24.2 Å². The number of halogens is 1. The van der Waals surface area contributed by atoms with E-state index in [1.807, 2.05) is 60.5 Å². The van der Waals surface area contributed by atoms with Gasteiger partial charge in [-0.05, 0) is 43.5 Å². The van der Waals surface area contributed by atoms with Gasteiger partial charge in [-0.1, -0.05) is 23.7 Å². The molecule has 0 aliphatic carbocycles. The lowest BCUT2D eigenvalue weighted by molar-refractivity contribution is 0.0773. The lowest BCUT2D eigenvalue weighted by Crippen LogP contribution is -2.30. The maximum Gasteiger partial charge on any atom is 0.253 e. The van der Waals surface area contributed by atoms with Gasteiger partial charge in [-0.25, -0.2) is 4.98 Å². The highest BCUT2D eigenvalue weighted by Gasteiger charge is 2.13. The Hall–Kier alpha value is -2.17. The van der Waals surface area contributed by atoms with Crippen LogP contribution in [0.4, 0.5) is 0 Å². The third-order valence-electron chi connectivity index (χ3n) is 3.84. The molecule has 3 nitrogen and oxygen atoms in total. The summed E-state index contributed by atoms with van der Waals surface area (Å²) in [6.07, 6.45) is 0. The predicted molar refractivity (Wildman–Crippen MR) is 109 cm³/mol. The smallest absolute Gasteiger partial charge is 0.253 e. The first-order valence-corrected chi connectivity index (χ1v) is 9.33. The van der Waals surface area contributed by atoms with E-state index in [4.69, 9.17) is 11.6 Å². The van der Waals surface area contributed by atoms with Crippen molar-refractivity contribution in [3.63, 3.8) is 0 Å². The first-order chi connectivity index (χ1) is 12.1. The Kier molecular flexibility index (Phi) is 6.73. The van der Waals surface area contributed by atoms with Crippen molar-refractivity contribution in [2.75, 3.05) is 13.1 Å². The van der Waals surface area contributed by atoms with Crippen LogP contribution in [0.5, 0.6) is 0 Å².